The highest BCUT2D eigenvalue weighted by molar-refractivity contribution is 5.74. The number of carbonyl (C=O) groups excluding carboxylic acids is 1. The maximum atomic E-state index is 11.4. The Balaban J connectivity index is 2.41. The lowest BCUT2D eigenvalue weighted by Gasteiger charge is -2.21. The van der Waals surface area contributed by atoms with Gasteiger partial charge in [0.05, 0.1) is 6.07 Å². The van der Waals surface area contributed by atoms with Crippen LogP contribution in [0.1, 0.15) is 12.8 Å². The van der Waals surface area contributed by atoms with Gasteiger partial charge in [-0.2, -0.15) is 5.26 Å². The number of nitriles is 1. The number of rotatable bonds is 1. The Morgan fingerprint density at radius 3 is 2.67 bits per heavy atom. The fourth-order valence-electron chi connectivity index (χ4n) is 1.32. The summed E-state index contributed by atoms with van der Waals surface area (Å²) in [5, 5.41) is 8.37. The molecule has 4 nitrogen and oxygen atoms in total. The van der Waals surface area contributed by atoms with Gasteiger partial charge in [0.2, 0.25) is 0 Å². The molecule has 0 aromatic rings. The molecule has 1 aliphatic heterocycles. The second kappa shape index (κ2) is 3.96. The van der Waals surface area contributed by atoms with Gasteiger partial charge in [0.25, 0.3) is 0 Å². The molecule has 1 rings (SSSR count). The Bertz CT molecular complexity index is 203. The molecule has 0 saturated carbocycles. The summed E-state index contributed by atoms with van der Waals surface area (Å²) in [6.45, 7) is 1.86. The Kier molecular flexibility index (Phi) is 2.92. The van der Waals surface area contributed by atoms with E-state index >= 15 is 0 Å². The zero-order chi connectivity index (χ0) is 8.97. The second-order valence-electron chi connectivity index (χ2n) is 2.99. The van der Waals surface area contributed by atoms with Crippen molar-refractivity contribution in [1.82, 2.24) is 9.80 Å². The fraction of sp³-hybridized carbons (Fsp3) is 0.750. The summed E-state index contributed by atoms with van der Waals surface area (Å²) in [5.41, 5.74) is 0. The third kappa shape index (κ3) is 1.88. The summed E-state index contributed by atoms with van der Waals surface area (Å²) in [5.74, 6) is 0. The van der Waals surface area contributed by atoms with Crippen LogP contribution in [-0.4, -0.2) is 42.5 Å². The molecule has 0 radical (unpaired) electrons. The van der Waals surface area contributed by atoms with Crippen LogP contribution in [0.2, 0.25) is 0 Å². The minimum atomic E-state index is -0.0194. The van der Waals surface area contributed by atoms with Crippen molar-refractivity contribution in [2.24, 2.45) is 0 Å². The molecular formula is C8H13N3O. The molecule has 1 saturated heterocycles. The summed E-state index contributed by atoms with van der Waals surface area (Å²) >= 11 is 0. The van der Waals surface area contributed by atoms with Crippen molar-refractivity contribution < 1.29 is 4.79 Å². The lowest BCUT2D eigenvalue weighted by Crippen LogP contribution is -2.39. The third-order valence-corrected chi connectivity index (χ3v) is 2.01. The van der Waals surface area contributed by atoms with Crippen LogP contribution in [0.15, 0.2) is 0 Å². The molecule has 0 aromatic heterocycles. The van der Waals surface area contributed by atoms with Crippen molar-refractivity contribution in [2.75, 3.05) is 26.7 Å². The van der Waals surface area contributed by atoms with E-state index in [9.17, 15) is 4.79 Å². The zero-order valence-electron chi connectivity index (χ0n) is 7.29. The van der Waals surface area contributed by atoms with Gasteiger partial charge >= 0.3 is 6.03 Å². The standard InChI is InChI=1S/C8H13N3O/c1-10(7-4-9)8(12)11-5-2-3-6-11/h2-3,5-7H2,1H3. The molecule has 1 aliphatic rings. The summed E-state index contributed by atoms with van der Waals surface area (Å²) < 4.78 is 0. The van der Waals surface area contributed by atoms with Gasteiger partial charge in [-0.1, -0.05) is 0 Å². The molecule has 2 amide bonds. The molecule has 0 aliphatic carbocycles. The van der Waals surface area contributed by atoms with Gasteiger partial charge in [-0.3, -0.25) is 0 Å². The largest absolute Gasteiger partial charge is 0.325 e. The predicted molar refractivity (Wildman–Crippen MR) is 44.4 cm³/mol. The molecule has 4 heteroatoms. The van der Waals surface area contributed by atoms with Crippen LogP contribution in [-0.2, 0) is 0 Å². The van der Waals surface area contributed by atoms with E-state index in [1.54, 1.807) is 11.9 Å². The number of nitrogens with zero attached hydrogens (tertiary/aromatic N) is 3. The predicted octanol–water partition coefficient (Wildman–Crippen LogP) is 0.658. The van der Waals surface area contributed by atoms with E-state index in [0.717, 1.165) is 25.9 Å². The summed E-state index contributed by atoms with van der Waals surface area (Å²) in [6.07, 6.45) is 2.18. The van der Waals surface area contributed by atoms with Gasteiger partial charge in [-0.05, 0) is 12.8 Å². The third-order valence-electron chi connectivity index (χ3n) is 2.01. The SMILES string of the molecule is CN(CC#N)C(=O)N1CCCC1. The van der Waals surface area contributed by atoms with E-state index in [1.165, 1.54) is 4.90 Å². The van der Waals surface area contributed by atoms with Crippen LogP contribution < -0.4 is 0 Å². The number of amides is 2. The molecule has 0 aromatic carbocycles. The number of urea groups is 1. The molecule has 0 N–H and O–H groups in total. The van der Waals surface area contributed by atoms with Crippen molar-refractivity contribution in [3.05, 3.63) is 0 Å². The first-order valence-electron chi connectivity index (χ1n) is 4.12. The van der Waals surface area contributed by atoms with E-state index in [-0.39, 0.29) is 12.6 Å². The van der Waals surface area contributed by atoms with Crippen LogP contribution in [0.25, 0.3) is 0 Å². The lowest BCUT2D eigenvalue weighted by atomic mass is 10.4. The van der Waals surface area contributed by atoms with Crippen LogP contribution in [0, 0.1) is 11.3 Å². The molecule has 1 heterocycles. The van der Waals surface area contributed by atoms with Gasteiger partial charge in [0, 0.05) is 20.1 Å². The van der Waals surface area contributed by atoms with E-state index in [0.29, 0.717) is 0 Å². The van der Waals surface area contributed by atoms with E-state index in [1.807, 2.05) is 6.07 Å². The Labute approximate surface area is 72.4 Å². The van der Waals surface area contributed by atoms with E-state index < -0.39 is 0 Å². The fourth-order valence-corrected chi connectivity index (χ4v) is 1.32. The first kappa shape index (κ1) is 8.85. The summed E-state index contributed by atoms with van der Waals surface area (Å²) in [6, 6.07) is 1.93. The monoisotopic (exact) mass is 167 g/mol. The minimum absolute atomic E-state index is 0.0194. The molecule has 12 heavy (non-hydrogen) atoms. The number of hydrogen-bond acceptors (Lipinski definition) is 2. The van der Waals surface area contributed by atoms with Crippen molar-refractivity contribution in [3.63, 3.8) is 0 Å². The summed E-state index contributed by atoms with van der Waals surface area (Å²) in [7, 11) is 1.66. The summed E-state index contributed by atoms with van der Waals surface area (Å²) in [4.78, 5) is 14.7. The highest BCUT2D eigenvalue weighted by Gasteiger charge is 2.20. The Hall–Kier alpha value is -1.24. The average molecular weight is 167 g/mol. The topological polar surface area (TPSA) is 47.3 Å². The van der Waals surface area contributed by atoms with Crippen LogP contribution in [0.4, 0.5) is 4.79 Å². The normalized spacial score (nSPS) is 15.8. The molecule has 0 spiro atoms. The highest BCUT2D eigenvalue weighted by Crippen LogP contribution is 2.09. The van der Waals surface area contributed by atoms with Crippen molar-refractivity contribution in [3.8, 4) is 6.07 Å². The molecule has 0 bridgehead atoms. The highest BCUT2D eigenvalue weighted by atomic mass is 16.2. The number of carbonyl (C=O) groups is 1. The molecule has 0 unspecified atom stereocenters. The van der Waals surface area contributed by atoms with Crippen LogP contribution >= 0.6 is 0 Å². The van der Waals surface area contributed by atoms with Crippen molar-refractivity contribution in [2.45, 2.75) is 12.8 Å². The first-order valence-corrected chi connectivity index (χ1v) is 4.12. The molecule has 0 atom stereocenters. The average Bonchev–Trinajstić information content (AvgIpc) is 2.55. The quantitative estimate of drug-likeness (QED) is 0.538. The maximum Gasteiger partial charge on any atom is 0.320 e. The van der Waals surface area contributed by atoms with Gasteiger partial charge < -0.3 is 9.80 Å². The van der Waals surface area contributed by atoms with Crippen molar-refractivity contribution >= 4 is 6.03 Å². The first-order chi connectivity index (χ1) is 5.75. The number of likely N-dealkylation sites (tertiary alicyclic amines) is 1. The molecule has 1 fully saturated rings. The second-order valence-corrected chi connectivity index (χ2v) is 2.99. The lowest BCUT2D eigenvalue weighted by molar-refractivity contribution is 0.178. The smallest absolute Gasteiger partial charge is 0.320 e. The van der Waals surface area contributed by atoms with Gasteiger partial charge in [-0.15, -0.1) is 0 Å². The Morgan fingerprint density at radius 2 is 2.17 bits per heavy atom. The van der Waals surface area contributed by atoms with Crippen molar-refractivity contribution in [1.29, 1.82) is 5.26 Å². The van der Waals surface area contributed by atoms with Crippen LogP contribution in [0.5, 0.6) is 0 Å². The Morgan fingerprint density at radius 1 is 1.58 bits per heavy atom. The minimum Gasteiger partial charge on any atom is -0.325 e. The number of hydrogen-bond donors (Lipinski definition) is 0. The van der Waals surface area contributed by atoms with E-state index in [2.05, 4.69) is 0 Å². The molecular weight excluding hydrogens is 154 g/mol. The van der Waals surface area contributed by atoms with Gasteiger partial charge in [-0.25, -0.2) is 4.79 Å². The van der Waals surface area contributed by atoms with E-state index in [4.69, 9.17) is 5.26 Å². The zero-order valence-corrected chi connectivity index (χ0v) is 7.29. The van der Waals surface area contributed by atoms with Gasteiger partial charge in [0.1, 0.15) is 6.54 Å². The van der Waals surface area contributed by atoms with Gasteiger partial charge in [0.15, 0.2) is 0 Å². The van der Waals surface area contributed by atoms with Crippen LogP contribution in [0.3, 0.4) is 0 Å². The maximum absolute atomic E-state index is 11.4. The molecule has 66 valence electrons.